The fourth-order valence-corrected chi connectivity index (χ4v) is 3.22. The lowest BCUT2D eigenvalue weighted by molar-refractivity contribution is -0.141. The molecule has 0 aliphatic carbocycles. The lowest BCUT2D eigenvalue weighted by Crippen LogP contribution is -2.50. The average molecular weight is 282 g/mol. The maximum atomic E-state index is 12.5. The van der Waals surface area contributed by atoms with Crippen molar-refractivity contribution in [2.75, 3.05) is 26.2 Å². The number of amides is 2. The first-order chi connectivity index (χ1) is 9.28. The molecule has 2 atom stereocenters. The summed E-state index contributed by atoms with van der Waals surface area (Å²) in [6.07, 6.45) is 1.89. The van der Waals surface area contributed by atoms with Gasteiger partial charge in [0, 0.05) is 32.6 Å². The molecule has 5 heteroatoms. The Balaban J connectivity index is 1.95. The summed E-state index contributed by atoms with van der Waals surface area (Å²) in [6.45, 7) is 8.27. The highest BCUT2D eigenvalue weighted by atomic mass is 16.3. The molecule has 5 nitrogen and oxygen atoms in total. The zero-order chi connectivity index (χ0) is 14.9. The van der Waals surface area contributed by atoms with E-state index in [0.29, 0.717) is 32.0 Å². The maximum absolute atomic E-state index is 12.5. The van der Waals surface area contributed by atoms with Crippen molar-refractivity contribution in [2.24, 2.45) is 11.8 Å². The smallest absolute Gasteiger partial charge is 0.228 e. The van der Waals surface area contributed by atoms with E-state index in [1.54, 1.807) is 16.7 Å². The van der Waals surface area contributed by atoms with Crippen LogP contribution in [0.2, 0.25) is 0 Å². The monoisotopic (exact) mass is 282 g/mol. The molecule has 0 bridgehead atoms. The predicted octanol–water partition coefficient (Wildman–Crippen LogP) is 0.864. The van der Waals surface area contributed by atoms with Gasteiger partial charge in [-0.25, -0.2) is 0 Å². The molecule has 0 aromatic rings. The highest BCUT2D eigenvalue weighted by Gasteiger charge is 2.39. The summed E-state index contributed by atoms with van der Waals surface area (Å²) in [5, 5.41) is 10.1. The van der Waals surface area contributed by atoms with E-state index in [4.69, 9.17) is 0 Å². The number of hydrogen-bond acceptors (Lipinski definition) is 3. The number of carbonyl (C=O) groups excluding carboxylic acids is 2. The standard InChI is InChI=1S/C15H26N2O3/c1-11(2)8-17-9-12(7-13(17)18)14(19)16-6-4-5-15(3,20)10-16/h11-12,20H,4-10H2,1-3H3. The third-order valence-electron chi connectivity index (χ3n) is 4.14. The molecule has 2 unspecified atom stereocenters. The number of carbonyl (C=O) groups is 2. The summed E-state index contributed by atoms with van der Waals surface area (Å²) < 4.78 is 0. The van der Waals surface area contributed by atoms with Gasteiger partial charge in [0.05, 0.1) is 11.5 Å². The SMILES string of the molecule is CC(C)CN1CC(C(=O)N2CCCC(C)(O)C2)CC1=O. The van der Waals surface area contributed by atoms with Crippen LogP contribution in [0.5, 0.6) is 0 Å². The highest BCUT2D eigenvalue weighted by Crippen LogP contribution is 2.26. The van der Waals surface area contributed by atoms with E-state index in [1.165, 1.54) is 0 Å². The van der Waals surface area contributed by atoms with Crippen LogP contribution in [0, 0.1) is 11.8 Å². The molecule has 2 saturated heterocycles. The van der Waals surface area contributed by atoms with E-state index in [-0.39, 0.29) is 17.7 Å². The van der Waals surface area contributed by atoms with E-state index >= 15 is 0 Å². The fraction of sp³-hybridized carbons (Fsp3) is 0.867. The van der Waals surface area contributed by atoms with Gasteiger partial charge in [-0.3, -0.25) is 9.59 Å². The lowest BCUT2D eigenvalue weighted by Gasteiger charge is -2.37. The van der Waals surface area contributed by atoms with Crippen LogP contribution in [0.25, 0.3) is 0 Å². The molecule has 2 aliphatic rings. The molecule has 20 heavy (non-hydrogen) atoms. The van der Waals surface area contributed by atoms with Gasteiger partial charge in [0.1, 0.15) is 0 Å². The molecule has 0 saturated carbocycles. The molecule has 114 valence electrons. The van der Waals surface area contributed by atoms with Crippen molar-refractivity contribution in [3.05, 3.63) is 0 Å². The second-order valence-corrected chi connectivity index (χ2v) is 6.95. The molecule has 2 amide bonds. The third-order valence-corrected chi connectivity index (χ3v) is 4.14. The van der Waals surface area contributed by atoms with E-state index in [0.717, 1.165) is 19.4 Å². The zero-order valence-corrected chi connectivity index (χ0v) is 12.8. The Morgan fingerprint density at radius 2 is 2.20 bits per heavy atom. The Kier molecular flexibility index (Phi) is 4.37. The van der Waals surface area contributed by atoms with Crippen molar-refractivity contribution in [3.8, 4) is 0 Å². The Labute approximate surface area is 120 Å². The summed E-state index contributed by atoms with van der Waals surface area (Å²) in [7, 11) is 0. The van der Waals surface area contributed by atoms with Gasteiger partial charge in [-0.05, 0) is 25.7 Å². The molecule has 1 N–H and O–H groups in total. The van der Waals surface area contributed by atoms with Crippen LogP contribution in [0.3, 0.4) is 0 Å². The van der Waals surface area contributed by atoms with Gasteiger partial charge >= 0.3 is 0 Å². The van der Waals surface area contributed by atoms with Crippen molar-refractivity contribution in [2.45, 2.75) is 45.6 Å². The number of likely N-dealkylation sites (tertiary alicyclic amines) is 2. The number of β-amino-alcohol motifs (C(OH)–C–C–N with tert-alkyl or cyclic N) is 1. The largest absolute Gasteiger partial charge is 0.388 e. The van der Waals surface area contributed by atoms with E-state index < -0.39 is 5.60 Å². The molecule has 2 aliphatic heterocycles. The fourth-order valence-electron chi connectivity index (χ4n) is 3.22. The second-order valence-electron chi connectivity index (χ2n) is 6.95. The number of hydrogen-bond donors (Lipinski definition) is 1. The van der Waals surface area contributed by atoms with Gasteiger partial charge in [-0.15, -0.1) is 0 Å². The number of nitrogens with zero attached hydrogens (tertiary/aromatic N) is 2. The van der Waals surface area contributed by atoms with Crippen molar-refractivity contribution < 1.29 is 14.7 Å². The number of piperidine rings is 1. The third kappa shape index (κ3) is 3.51. The molecule has 0 aromatic carbocycles. The van der Waals surface area contributed by atoms with Crippen LogP contribution >= 0.6 is 0 Å². The summed E-state index contributed by atoms with van der Waals surface area (Å²) in [4.78, 5) is 28.0. The van der Waals surface area contributed by atoms with E-state index in [1.807, 2.05) is 0 Å². The van der Waals surface area contributed by atoms with Gasteiger partial charge in [0.2, 0.25) is 11.8 Å². The van der Waals surface area contributed by atoms with Crippen molar-refractivity contribution in [1.82, 2.24) is 9.80 Å². The minimum atomic E-state index is -0.784. The Morgan fingerprint density at radius 3 is 2.80 bits per heavy atom. The minimum absolute atomic E-state index is 0.0320. The number of aliphatic hydroxyl groups is 1. The lowest BCUT2D eigenvalue weighted by atomic mass is 9.94. The molecule has 2 fully saturated rings. The molecular weight excluding hydrogens is 256 g/mol. The van der Waals surface area contributed by atoms with Crippen LogP contribution in [0.1, 0.15) is 40.0 Å². The van der Waals surface area contributed by atoms with Gasteiger partial charge in [0.15, 0.2) is 0 Å². The van der Waals surface area contributed by atoms with E-state index in [2.05, 4.69) is 13.8 Å². The summed E-state index contributed by atoms with van der Waals surface area (Å²) in [5.74, 6) is 0.309. The maximum Gasteiger partial charge on any atom is 0.228 e. The van der Waals surface area contributed by atoms with Gasteiger partial charge in [-0.1, -0.05) is 13.8 Å². The first-order valence-corrected chi connectivity index (χ1v) is 7.57. The molecule has 0 aromatic heterocycles. The Hall–Kier alpha value is -1.10. The van der Waals surface area contributed by atoms with Crippen molar-refractivity contribution in [1.29, 1.82) is 0 Å². The summed E-state index contributed by atoms with van der Waals surface area (Å²) in [6, 6.07) is 0. The van der Waals surface area contributed by atoms with Crippen molar-refractivity contribution in [3.63, 3.8) is 0 Å². The quantitative estimate of drug-likeness (QED) is 0.835. The normalized spacial score (nSPS) is 31.2. The average Bonchev–Trinajstić information content (AvgIpc) is 2.68. The Bertz CT molecular complexity index is 393. The van der Waals surface area contributed by atoms with Crippen LogP contribution in [-0.2, 0) is 9.59 Å². The van der Waals surface area contributed by atoms with Crippen LogP contribution in [0.4, 0.5) is 0 Å². The van der Waals surface area contributed by atoms with Gasteiger partial charge in [-0.2, -0.15) is 0 Å². The first-order valence-electron chi connectivity index (χ1n) is 7.57. The number of rotatable bonds is 3. The van der Waals surface area contributed by atoms with Crippen molar-refractivity contribution >= 4 is 11.8 Å². The zero-order valence-electron chi connectivity index (χ0n) is 12.8. The van der Waals surface area contributed by atoms with Crippen LogP contribution < -0.4 is 0 Å². The van der Waals surface area contributed by atoms with Crippen LogP contribution in [-0.4, -0.2) is 58.5 Å². The first kappa shape index (κ1) is 15.3. The molecule has 0 radical (unpaired) electrons. The molecule has 0 spiro atoms. The van der Waals surface area contributed by atoms with Crippen LogP contribution in [0.15, 0.2) is 0 Å². The predicted molar refractivity (Wildman–Crippen MR) is 76.0 cm³/mol. The molecular formula is C15H26N2O3. The topological polar surface area (TPSA) is 60.9 Å². The van der Waals surface area contributed by atoms with E-state index in [9.17, 15) is 14.7 Å². The Morgan fingerprint density at radius 1 is 1.50 bits per heavy atom. The molecule has 2 rings (SSSR count). The molecule has 2 heterocycles. The highest BCUT2D eigenvalue weighted by molar-refractivity contribution is 5.89. The van der Waals surface area contributed by atoms with Gasteiger partial charge in [0.25, 0.3) is 0 Å². The summed E-state index contributed by atoms with van der Waals surface area (Å²) >= 11 is 0. The second kappa shape index (κ2) is 5.72. The van der Waals surface area contributed by atoms with Gasteiger partial charge < -0.3 is 14.9 Å². The minimum Gasteiger partial charge on any atom is -0.388 e. The summed E-state index contributed by atoms with van der Waals surface area (Å²) in [5.41, 5.74) is -0.784.